The number of aromatic nitrogens is 2. The summed E-state index contributed by atoms with van der Waals surface area (Å²) in [5.41, 5.74) is 1.68. The van der Waals surface area contributed by atoms with Gasteiger partial charge in [0.05, 0.1) is 16.7 Å². The van der Waals surface area contributed by atoms with Gasteiger partial charge in [-0.15, -0.1) is 0 Å². The Morgan fingerprint density at radius 3 is 2.91 bits per heavy atom. The standard InChI is InChI=1S/C17H23N3O2S/c1-11(2)18-12-3-4-14-15(9-12)19-16(20-17(14)21)10-23-13-5-7-22-8-6-13/h3-4,9,11,13,18H,5-8,10H2,1-2H3,(H,19,20,21). The molecule has 124 valence electrons. The van der Waals surface area contributed by atoms with E-state index >= 15 is 0 Å². The van der Waals surface area contributed by atoms with Crippen molar-refractivity contribution in [1.29, 1.82) is 0 Å². The summed E-state index contributed by atoms with van der Waals surface area (Å²) in [6.45, 7) is 5.85. The average molecular weight is 333 g/mol. The van der Waals surface area contributed by atoms with Crippen molar-refractivity contribution in [3.8, 4) is 0 Å². The van der Waals surface area contributed by atoms with Crippen molar-refractivity contribution >= 4 is 28.4 Å². The molecular formula is C17H23N3O2S. The van der Waals surface area contributed by atoms with Crippen LogP contribution in [0.1, 0.15) is 32.5 Å². The summed E-state index contributed by atoms with van der Waals surface area (Å²) in [6.07, 6.45) is 2.15. The highest BCUT2D eigenvalue weighted by molar-refractivity contribution is 7.99. The molecule has 1 saturated heterocycles. The van der Waals surface area contributed by atoms with Crippen LogP contribution in [0.25, 0.3) is 10.9 Å². The fraction of sp³-hybridized carbons (Fsp3) is 0.529. The lowest BCUT2D eigenvalue weighted by molar-refractivity contribution is 0.1000. The molecule has 2 heterocycles. The molecule has 1 aromatic heterocycles. The number of nitrogens with zero attached hydrogens (tertiary/aromatic N) is 1. The summed E-state index contributed by atoms with van der Waals surface area (Å²) < 4.78 is 5.38. The van der Waals surface area contributed by atoms with Crippen LogP contribution in [-0.4, -0.2) is 34.5 Å². The summed E-state index contributed by atoms with van der Waals surface area (Å²) in [5, 5.41) is 4.58. The highest BCUT2D eigenvalue weighted by Gasteiger charge is 2.15. The highest BCUT2D eigenvalue weighted by Crippen LogP contribution is 2.25. The largest absolute Gasteiger partial charge is 0.383 e. The van der Waals surface area contributed by atoms with Crippen molar-refractivity contribution < 1.29 is 4.74 Å². The van der Waals surface area contributed by atoms with E-state index in [0.29, 0.717) is 16.7 Å². The minimum atomic E-state index is -0.0614. The van der Waals surface area contributed by atoms with Gasteiger partial charge >= 0.3 is 0 Å². The Kier molecular flexibility index (Phi) is 5.23. The first-order valence-electron chi connectivity index (χ1n) is 8.10. The Balaban J connectivity index is 1.78. The SMILES string of the molecule is CC(C)Nc1ccc2c(=O)[nH]c(CSC3CCOCC3)nc2c1. The number of fused-ring (bicyclic) bond motifs is 1. The van der Waals surface area contributed by atoms with Gasteiger partial charge in [0, 0.05) is 30.2 Å². The van der Waals surface area contributed by atoms with Crippen molar-refractivity contribution in [3.63, 3.8) is 0 Å². The summed E-state index contributed by atoms with van der Waals surface area (Å²) in [4.78, 5) is 19.8. The number of thioether (sulfide) groups is 1. The number of hydrogen-bond donors (Lipinski definition) is 2. The van der Waals surface area contributed by atoms with Crippen LogP contribution in [0.5, 0.6) is 0 Å². The van der Waals surface area contributed by atoms with E-state index in [2.05, 4.69) is 29.1 Å². The van der Waals surface area contributed by atoms with Gasteiger partial charge in [0.1, 0.15) is 5.82 Å². The number of benzene rings is 1. The molecule has 1 aliphatic heterocycles. The molecule has 0 radical (unpaired) electrons. The molecule has 2 N–H and O–H groups in total. The quantitative estimate of drug-likeness (QED) is 0.880. The molecule has 0 atom stereocenters. The molecule has 0 saturated carbocycles. The van der Waals surface area contributed by atoms with E-state index in [-0.39, 0.29) is 5.56 Å². The molecule has 0 bridgehead atoms. The van der Waals surface area contributed by atoms with Crippen molar-refractivity contribution in [2.24, 2.45) is 0 Å². The van der Waals surface area contributed by atoms with Crippen LogP contribution in [0.15, 0.2) is 23.0 Å². The predicted molar refractivity (Wildman–Crippen MR) is 96.3 cm³/mol. The van der Waals surface area contributed by atoms with Gasteiger partial charge in [-0.25, -0.2) is 4.98 Å². The normalized spacial score (nSPS) is 16.1. The molecule has 1 aliphatic rings. The lowest BCUT2D eigenvalue weighted by atomic mass is 10.2. The van der Waals surface area contributed by atoms with Gasteiger partial charge in [-0.1, -0.05) is 0 Å². The number of aromatic amines is 1. The molecule has 0 aliphatic carbocycles. The minimum Gasteiger partial charge on any atom is -0.383 e. The topological polar surface area (TPSA) is 67.0 Å². The van der Waals surface area contributed by atoms with E-state index in [1.807, 2.05) is 30.0 Å². The first-order chi connectivity index (χ1) is 11.1. The third-order valence-corrected chi connectivity index (χ3v) is 5.22. The Labute approximate surface area is 140 Å². The van der Waals surface area contributed by atoms with Crippen LogP contribution in [-0.2, 0) is 10.5 Å². The fourth-order valence-corrected chi connectivity index (χ4v) is 3.77. The molecule has 6 heteroatoms. The van der Waals surface area contributed by atoms with E-state index in [1.165, 1.54) is 0 Å². The van der Waals surface area contributed by atoms with Gasteiger partial charge in [0.2, 0.25) is 0 Å². The van der Waals surface area contributed by atoms with E-state index in [1.54, 1.807) is 0 Å². The van der Waals surface area contributed by atoms with Crippen LogP contribution in [0.3, 0.4) is 0 Å². The Morgan fingerprint density at radius 1 is 1.39 bits per heavy atom. The van der Waals surface area contributed by atoms with Crippen molar-refractivity contribution in [3.05, 3.63) is 34.4 Å². The second-order valence-corrected chi connectivity index (χ2v) is 7.45. The third-order valence-electron chi connectivity index (χ3n) is 3.84. The maximum atomic E-state index is 12.2. The van der Waals surface area contributed by atoms with Crippen LogP contribution in [0.4, 0.5) is 5.69 Å². The van der Waals surface area contributed by atoms with E-state index in [9.17, 15) is 4.79 Å². The molecule has 1 fully saturated rings. The predicted octanol–water partition coefficient (Wildman–Crippen LogP) is 3.16. The summed E-state index contributed by atoms with van der Waals surface area (Å²) in [7, 11) is 0. The fourth-order valence-electron chi connectivity index (χ4n) is 2.72. The summed E-state index contributed by atoms with van der Waals surface area (Å²) in [5.74, 6) is 1.48. The molecule has 3 rings (SSSR count). The van der Waals surface area contributed by atoms with Crippen molar-refractivity contribution in [2.45, 2.75) is 43.7 Å². The smallest absolute Gasteiger partial charge is 0.258 e. The molecule has 2 aromatic rings. The Bertz CT molecular complexity index is 723. The lowest BCUT2D eigenvalue weighted by Gasteiger charge is -2.21. The van der Waals surface area contributed by atoms with Gasteiger partial charge in [0.25, 0.3) is 5.56 Å². The average Bonchev–Trinajstić information content (AvgIpc) is 2.53. The Hall–Kier alpha value is -1.53. The molecule has 0 unspecified atom stereocenters. The monoisotopic (exact) mass is 333 g/mol. The summed E-state index contributed by atoms with van der Waals surface area (Å²) in [6, 6.07) is 6.06. The first-order valence-corrected chi connectivity index (χ1v) is 9.15. The molecule has 1 aromatic carbocycles. The number of nitrogens with one attached hydrogen (secondary N) is 2. The molecule has 5 nitrogen and oxygen atoms in total. The number of ether oxygens (including phenoxy) is 1. The zero-order chi connectivity index (χ0) is 16.2. The molecular weight excluding hydrogens is 310 g/mol. The second kappa shape index (κ2) is 7.36. The van der Waals surface area contributed by atoms with Crippen molar-refractivity contribution in [1.82, 2.24) is 9.97 Å². The van der Waals surface area contributed by atoms with E-state index < -0.39 is 0 Å². The minimum absolute atomic E-state index is 0.0614. The number of hydrogen-bond acceptors (Lipinski definition) is 5. The zero-order valence-corrected chi connectivity index (χ0v) is 14.4. The number of anilines is 1. The van der Waals surface area contributed by atoms with Gasteiger partial charge in [-0.05, 0) is 44.9 Å². The van der Waals surface area contributed by atoms with Crippen LogP contribution >= 0.6 is 11.8 Å². The highest BCUT2D eigenvalue weighted by atomic mass is 32.2. The Morgan fingerprint density at radius 2 is 2.17 bits per heavy atom. The third kappa shape index (κ3) is 4.26. The van der Waals surface area contributed by atoms with Crippen LogP contribution in [0, 0.1) is 0 Å². The first kappa shape index (κ1) is 16.3. The van der Waals surface area contributed by atoms with E-state index in [0.717, 1.165) is 48.8 Å². The van der Waals surface area contributed by atoms with E-state index in [4.69, 9.17) is 4.74 Å². The van der Waals surface area contributed by atoms with Gasteiger partial charge in [0.15, 0.2) is 0 Å². The van der Waals surface area contributed by atoms with Gasteiger partial charge in [-0.2, -0.15) is 11.8 Å². The second-order valence-electron chi connectivity index (χ2n) is 6.17. The molecule has 0 spiro atoms. The maximum Gasteiger partial charge on any atom is 0.258 e. The molecule has 23 heavy (non-hydrogen) atoms. The summed E-state index contributed by atoms with van der Waals surface area (Å²) >= 11 is 1.85. The maximum absolute atomic E-state index is 12.2. The van der Waals surface area contributed by atoms with Crippen molar-refractivity contribution in [2.75, 3.05) is 18.5 Å². The lowest BCUT2D eigenvalue weighted by Crippen LogP contribution is -2.18. The number of rotatable bonds is 5. The number of H-pyrrole nitrogens is 1. The van der Waals surface area contributed by atoms with Crippen LogP contribution in [0.2, 0.25) is 0 Å². The van der Waals surface area contributed by atoms with Crippen LogP contribution < -0.4 is 10.9 Å². The van der Waals surface area contributed by atoms with Gasteiger partial charge in [-0.3, -0.25) is 4.79 Å². The zero-order valence-electron chi connectivity index (χ0n) is 13.6. The van der Waals surface area contributed by atoms with Gasteiger partial charge < -0.3 is 15.0 Å². The molecule has 0 amide bonds.